The summed E-state index contributed by atoms with van der Waals surface area (Å²) in [5.41, 5.74) is 0. The summed E-state index contributed by atoms with van der Waals surface area (Å²) in [6, 6.07) is 0. The van der Waals surface area contributed by atoms with Crippen LogP contribution < -0.4 is 0 Å². The molecule has 0 radical (unpaired) electrons. The lowest BCUT2D eigenvalue weighted by atomic mass is 10.7. The van der Waals surface area contributed by atoms with Crippen molar-refractivity contribution in [2.45, 2.75) is 12.1 Å². The molecule has 0 N–H and O–H groups in total. The van der Waals surface area contributed by atoms with Crippen LogP contribution in [0.1, 0.15) is 5.82 Å². The van der Waals surface area contributed by atoms with E-state index in [9.17, 15) is 8.76 Å². The van der Waals surface area contributed by atoms with Crippen LogP contribution in [0.4, 0.5) is 0 Å². The summed E-state index contributed by atoms with van der Waals surface area (Å²) in [4.78, 5) is 0. The molecule has 5 nitrogen and oxygen atoms in total. The molecule has 0 bridgehead atoms. The van der Waals surface area contributed by atoms with E-state index in [1.54, 1.807) is 14.0 Å². The van der Waals surface area contributed by atoms with Crippen molar-refractivity contribution in [3.8, 4) is 0 Å². The van der Waals surface area contributed by atoms with Crippen LogP contribution in [0.15, 0.2) is 5.16 Å². The summed E-state index contributed by atoms with van der Waals surface area (Å²) in [7, 11) is 1.60. The maximum atomic E-state index is 10.3. The molecule has 0 aromatic carbocycles. The van der Waals surface area contributed by atoms with Crippen LogP contribution in [0.25, 0.3) is 0 Å². The molecule has 0 amide bonds. The standard InChI is InChI=1S/C4H7N3O2S/c1-3-5-6-4(7(3)2)10(8)9/h1-2H3,(H,8,9)/p-1. The van der Waals surface area contributed by atoms with Gasteiger partial charge in [-0.2, -0.15) is 0 Å². The number of aryl methyl sites for hydroxylation is 1. The highest BCUT2D eigenvalue weighted by Gasteiger charge is 2.02. The Labute approximate surface area is 60.4 Å². The highest BCUT2D eigenvalue weighted by molar-refractivity contribution is 7.79. The predicted octanol–water partition coefficient (Wildman–Crippen LogP) is -0.638. The zero-order valence-corrected chi connectivity index (χ0v) is 6.38. The summed E-state index contributed by atoms with van der Waals surface area (Å²) < 4.78 is 22.0. The van der Waals surface area contributed by atoms with Crippen LogP contribution in [0.2, 0.25) is 0 Å². The Morgan fingerprint density at radius 3 is 2.40 bits per heavy atom. The first-order chi connectivity index (χ1) is 4.63. The summed E-state index contributed by atoms with van der Waals surface area (Å²) >= 11 is -2.28. The fourth-order valence-electron chi connectivity index (χ4n) is 0.533. The van der Waals surface area contributed by atoms with Gasteiger partial charge in [-0.15, -0.1) is 10.2 Å². The van der Waals surface area contributed by atoms with Crippen molar-refractivity contribution in [1.82, 2.24) is 14.8 Å². The highest BCUT2D eigenvalue weighted by atomic mass is 32.2. The first-order valence-electron chi connectivity index (χ1n) is 2.58. The fraction of sp³-hybridized carbons (Fsp3) is 0.500. The fourth-order valence-corrected chi connectivity index (χ4v) is 0.996. The third-order valence-electron chi connectivity index (χ3n) is 1.20. The predicted molar refractivity (Wildman–Crippen MR) is 32.9 cm³/mol. The van der Waals surface area contributed by atoms with E-state index >= 15 is 0 Å². The van der Waals surface area contributed by atoms with Crippen molar-refractivity contribution in [3.05, 3.63) is 5.82 Å². The lowest BCUT2D eigenvalue weighted by Crippen LogP contribution is -2.01. The minimum atomic E-state index is -2.28. The molecular formula is C4H6N3O2S-. The van der Waals surface area contributed by atoms with Crippen LogP contribution in [-0.4, -0.2) is 23.5 Å². The van der Waals surface area contributed by atoms with Crippen molar-refractivity contribution >= 4 is 11.1 Å². The van der Waals surface area contributed by atoms with Crippen molar-refractivity contribution < 1.29 is 8.76 Å². The van der Waals surface area contributed by atoms with Gasteiger partial charge in [0.05, 0.1) is 0 Å². The molecular weight excluding hydrogens is 154 g/mol. The maximum Gasteiger partial charge on any atom is 0.207 e. The number of rotatable bonds is 1. The lowest BCUT2D eigenvalue weighted by Gasteiger charge is -2.02. The van der Waals surface area contributed by atoms with E-state index in [-0.39, 0.29) is 5.16 Å². The van der Waals surface area contributed by atoms with Gasteiger partial charge in [0, 0.05) is 18.1 Å². The molecule has 0 aliphatic rings. The quantitative estimate of drug-likeness (QED) is 0.512. The highest BCUT2D eigenvalue weighted by Crippen LogP contribution is 1.99. The van der Waals surface area contributed by atoms with Gasteiger partial charge < -0.3 is 9.12 Å². The van der Waals surface area contributed by atoms with Crippen molar-refractivity contribution in [2.75, 3.05) is 0 Å². The topological polar surface area (TPSA) is 70.8 Å². The minimum absolute atomic E-state index is 0.0301. The Morgan fingerprint density at radius 2 is 2.20 bits per heavy atom. The van der Waals surface area contributed by atoms with Gasteiger partial charge in [-0.3, -0.25) is 4.21 Å². The molecule has 0 aliphatic carbocycles. The Morgan fingerprint density at radius 1 is 1.60 bits per heavy atom. The number of hydrogen-bond donors (Lipinski definition) is 0. The summed E-state index contributed by atoms with van der Waals surface area (Å²) in [5.74, 6) is 0.583. The zero-order valence-electron chi connectivity index (χ0n) is 5.57. The van der Waals surface area contributed by atoms with E-state index in [0.29, 0.717) is 5.82 Å². The van der Waals surface area contributed by atoms with Crippen LogP contribution in [-0.2, 0) is 18.1 Å². The third kappa shape index (κ3) is 1.07. The first-order valence-corrected chi connectivity index (χ1v) is 3.65. The molecule has 1 heterocycles. The zero-order chi connectivity index (χ0) is 7.72. The molecule has 1 unspecified atom stereocenters. The molecule has 0 fully saturated rings. The van der Waals surface area contributed by atoms with Crippen LogP contribution in [0.3, 0.4) is 0 Å². The largest absolute Gasteiger partial charge is 0.766 e. The van der Waals surface area contributed by atoms with Crippen molar-refractivity contribution in [2.24, 2.45) is 7.05 Å². The second-order valence-corrected chi connectivity index (χ2v) is 2.66. The van der Waals surface area contributed by atoms with Gasteiger partial charge in [0.25, 0.3) is 0 Å². The van der Waals surface area contributed by atoms with E-state index in [2.05, 4.69) is 10.2 Å². The van der Waals surface area contributed by atoms with E-state index in [0.717, 1.165) is 0 Å². The second kappa shape index (κ2) is 2.47. The normalized spacial score (nSPS) is 13.5. The average Bonchev–Trinajstić information content (AvgIpc) is 2.14. The van der Waals surface area contributed by atoms with Crippen LogP contribution in [0, 0.1) is 6.92 Å². The van der Waals surface area contributed by atoms with Gasteiger partial charge in [-0.1, -0.05) is 0 Å². The molecule has 6 heteroatoms. The Hall–Kier alpha value is -0.750. The lowest BCUT2D eigenvalue weighted by molar-refractivity contribution is 0.521. The molecule has 0 aliphatic heterocycles. The summed E-state index contributed by atoms with van der Waals surface area (Å²) in [5, 5.41) is 6.94. The van der Waals surface area contributed by atoms with Gasteiger partial charge in [-0.25, -0.2) is 0 Å². The molecule has 1 rings (SSSR count). The third-order valence-corrected chi connectivity index (χ3v) is 1.86. The number of hydrogen-bond acceptors (Lipinski definition) is 4. The second-order valence-electron chi connectivity index (χ2n) is 1.82. The van der Waals surface area contributed by atoms with E-state index in [1.165, 1.54) is 4.57 Å². The van der Waals surface area contributed by atoms with Crippen LogP contribution >= 0.6 is 0 Å². The molecule has 56 valence electrons. The van der Waals surface area contributed by atoms with Crippen LogP contribution in [0.5, 0.6) is 0 Å². The minimum Gasteiger partial charge on any atom is -0.766 e. The molecule has 0 saturated carbocycles. The van der Waals surface area contributed by atoms with Gasteiger partial charge in [-0.05, 0) is 6.92 Å². The Balaban J connectivity index is 3.17. The van der Waals surface area contributed by atoms with Crippen molar-refractivity contribution in [1.29, 1.82) is 0 Å². The van der Waals surface area contributed by atoms with E-state index in [1.807, 2.05) is 0 Å². The van der Waals surface area contributed by atoms with Gasteiger partial charge in [0.15, 0.2) is 0 Å². The number of aromatic nitrogens is 3. The van der Waals surface area contributed by atoms with Crippen molar-refractivity contribution in [3.63, 3.8) is 0 Å². The summed E-state index contributed by atoms with van der Waals surface area (Å²) in [6.07, 6.45) is 0. The average molecular weight is 160 g/mol. The first kappa shape index (κ1) is 7.36. The monoisotopic (exact) mass is 160 g/mol. The molecule has 1 aromatic rings. The van der Waals surface area contributed by atoms with Gasteiger partial charge in [0.1, 0.15) is 5.82 Å². The van der Waals surface area contributed by atoms with Gasteiger partial charge in [0.2, 0.25) is 5.16 Å². The molecule has 1 atom stereocenters. The molecule has 1 aromatic heterocycles. The molecule has 0 saturated heterocycles. The Kier molecular flexibility index (Phi) is 1.82. The molecule has 10 heavy (non-hydrogen) atoms. The van der Waals surface area contributed by atoms with E-state index in [4.69, 9.17) is 0 Å². The van der Waals surface area contributed by atoms with E-state index < -0.39 is 11.1 Å². The molecule has 0 spiro atoms. The Bertz CT molecular complexity index is 269. The maximum absolute atomic E-state index is 10.3. The SMILES string of the molecule is Cc1nnc(S(=O)[O-])n1C. The number of nitrogens with zero attached hydrogens (tertiary/aromatic N) is 3. The summed E-state index contributed by atoms with van der Waals surface area (Å²) in [6.45, 7) is 1.68. The van der Waals surface area contributed by atoms with Gasteiger partial charge >= 0.3 is 0 Å². The smallest absolute Gasteiger partial charge is 0.207 e.